The molecule has 0 N–H and O–H groups in total. The third kappa shape index (κ3) is 4.62. The minimum Gasteiger partial charge on any atom is -0.493 e. The first-order valence-electron chi connectivity index (χ1n) is 11.4. The Bertz CT molecular complexity index is 996. The van der Waals surface area contributed by atoms with E-state index in [4.69, 9.17) is 18.9 Å². The second-order valence-corrected chi connectivity index (χ2v) is 8.33. The Balaban J connectivity index is 1.48. The monoisotopic (exact) mass is 457 g/mol. The molecule has 2 aromatic rings. The summed E-state index contributed by atoms with van der Waals surface area (Å²) in [4.78, 5) is 27.3. The first kappa shape index (κ1) is 22.9. The lowest BCUT2D eigenvalue weighted by Gasteiger charge is -2.33. The maximum absolute atomic E-state index is 13.2. The van der Waals surface area contributed by atoms with Crippen molar-refractivity contribution in [3.8, 4) is 17.2 Å². The molecule has 2 fully saturated rings. The molecule has 4 rings (SSSR count). The Labute approximate surface area is 193 Å². The standard InChI is InChI=1S/C24H31N3O6/c1-5-33-24(29)18-14-19(15-6-7-15)27(25-18)17-8-10-26(11-9-17)23(28)16-12-20(30-2)22(32-4)21(13-16)31-3/h12-15,17H,5-11H2,1-4H3. The van der Waals surface area contributed by atoms with Crippen molar-refractivity contribution >= 4 is 11.9 Å². The third-order valence-electron chi connectivity index (χ3n) is 6.25. The fourth-order valence-corrected chi connectivity index (χ4v) is 4.39. The lowest BCUT2D eigenvalue weighted by atomic mass is 10.0. The number of amides is 1. The van der Waals surface area contributed by atoms with E-state index in [0.29, 0.717) is 54.1 Å². The number of hydrogen-bond acceptors (Lipinski definition) is 7. The first-order valence-corrected chi connectivity index (χ1v) is 11.4. The van der Waals surface area contributed by atoms with E-state index in [2.05, 4.69) is 5.10 Å². The normalized spacial score (nSPS) is 16.4. The van der Waals surface area contributed by atoms with Crippen molar-refractivity contribution in [1.29, 1.82) is 0 Å². The summed E-state index contributed by atoms with van der Waals surface area (Å²) in [5.41, 5.74) is 1.97. The number of rotatable bonds is 8. The van der Waals surface area contributed by atoms with E-state index in [1.807, 2.05) is 15.6 Å². The Morgan fingerprint density at radius 1 is 0.970 bits per heavy atom. The van der Waals surface area contributed by atoms with Gasteiger partial charge < -0.3 is 23.8 Å². The summed E-state index contributed by atoms with van der Waals surface area (Å²) in [5.74, 6) is 1.36. The molecule has 1 aromatic heterocycles. The number of aromatic nitrogens is 2. The van der Waals surface area contributed by atoms with Crippen LogP contribution in [0.5, 0.6) is 17.2 Å². The smallest absolute Gasteiger partial charge is 0.358 e. The molecule has 2 aliphatic rings. The number of piperidine rings is 1. The van der Waals surface area contributed by atoms with Crippen molar-refractivity contribution in [3.63, 3.8) is 0 Å². The Morgan fingerprint density at radius 2 is 1.61 bits per heavy atom. The van der Waals surface area contributed by atoms with Crippen LogP contribution in [0.1, 0.15) is 71.1 Å². The van der Waals surface area contributed by atoms with Gasteiger partial charge in [0.25, 0.3) is 5.91 Å². The van der Waals surface area contributed by atoms with Gasteiger partial charge in [0.2, 0.25) is 5.75 Å². The van der Waals surface area contributed by atoms with Gasteiger partial charge in [-0.25, -0.2) is 4.79 Å². The molecule has 1 aromatic carbocycles. The second-order valence-electron chi connectivity index (χ2n) is 8.33. The van der Waals surface area contributed by atoms with E-state index in [0.717, 1.165) is 31.4 Å². The van der Waals surface area contributed by atoms with Crippen LogP contribution in [0, 0.1) is 0 Å². The maximum atomic E-state index is 13.2. The minimum atomic E-state index is -0.381. The van der Waals surface area contributed by atoms with Gasteiger partial charge in [-0.05, 0) is 50.8 Å². The van der Waals surface area contributed by atoms with Gasteiger partial charge in [-0.1, -0.05) is 0 Å². The van der Waals surface area contributed by atoms with Crippen molar-refractivity contribution < 1.29 is 28.5 Å². The molecule has 1 saturated carbocycles. The number of benzene rings is 1. The quantitative estimate of drug-likeness (QED) is 0.561. The molecule has 1 aliphatic carbocycles. The molecule has 0 radical (unpaired) electrons. The molecule has 2 heterocycles. The Hall–Kier alpha value is -3.23. The van der Waals surface area contributed by atoms with E-state index in [9.17, 15) is 9.59 Å². The van der Waals surface area contributed by atoms with Crippen LogP contribution in [-0.4, -0.2) is 67.6 Å². The lowest BCUT2D eigenvalue weighted by molar-refractivity contribution is 0.0517. The number of carbonyl (C=O) groups excluding carboxylic acids is 2. The maximum Gasteiger partial charge on any atom is 0.358 e. The summed E-state index contributed by atoms with van der Waals surface area (Å²) in [6, 6.07) is 5.39. The minimum absolute atomic E-state index is 0.0807. The fourth-order valence-electron chi connectivity index (χ4n) is 4.39. The topological polar surface area (TPSA) is 92.1 Å². The molecule has 33 heavy (non-hydrogen) atoms. The molecule has 0 unspecified atom stereocenters. The molecule has 0 atom stereocenters. The van der Waals surface area contributed by atoms with Gasteiger partial charge >= 0.3 is 5.97 Å². The Morgan fingerprint density at radius 3 is 2.12 bits per heavy atom. The van der Waals surface area contributed by atoms with Crippen molar-refractivity contribution in [1.82, 2.24) is 14.7 Å². The predicted molar refractivity (Wildman–Crippen MR) is 120 cm³/mol. The molecule has 9 heteroatoms. The number of esters is 1. The van der Waals surface area contributed by atoms with Crippen LogP contribution in [0.2, 0.25) is 0 Å². The zero-order chi connectivity index (χ0) is 23.5. The van der Waals surface area contributed by atoms with E-state index in [1.165, 1.54) is 21.3 Å². The third-order valence-corrected chi connectivity index (χ3v) is 6.25. The van der Waals surface area contributed by atoms with Gasteiger partial charge in [0.1, 0.15) is 0 Å². The van der Waals surface area contributed by atoms with Crippen LogP contribution in [-0.2, 0) is 4.74 Å². The summed E-state index contributed by atoms with van der Waals surface area (Å²) in [7, 11) is 4.59. The number of methoxy groups -OCH3 is 3. The molecule has 0 bridgehead atoms. The SMILES string of the molecule is CCOC(=O)c1cc(C2CC2)n(C2CCN(C(=O)c3cc(OC)c(OC)c(OC)c3)CC2)n1. The van der Waals surface area contributed by atoms with Gasteiger partial charge in [0.05, 0.1) is 34.0 Å². The van der Waals surface area contributed by atoms with E-state index in [1.54, 1.807) is 19.1 Å². The van der Waals surface area contributed by atoms with Gasteiger partial charge in [-0.15, -0.1) is 0 Å². The molecular formula is C24H31N3O6. The predicted octanol–water partition coefficient (Wildman–Crippen LogP) is 3.44. The molecule has 1 saturated heterocycles. The van der Waals surface area contributed by atoms with Crippen LogP contribution in [0.25, 0.3) is 0 Å². The number of hydrogen-bond donors (Lipinski definition) is 0. The number of carbonyl (C=O) groups is 2. The van der Waals surface area contributed by atoms with Crippen LogP contribution >= 0.6 is 0 Å². The van der Waals surface area contributed by atoms with E-state index in [-0.39, 0.29) is 17.9 Å². The summed E-state index contributed by atoms with van der Waals surface area (Å²) in [5, 5.41) is 4.60. The summed E-state index contributed by atoms with van der Waals surface area (Å²) < 4.78 is 23.3. The van der Waals surface area contributed by atoms with Gasteiger partial charge in [-0.3, -0.25) is 9.48 Å². The van der Waals surface area contributed by atoms with Crippen molar-refractivity contribution in [2.24, 2.45) is 0 Å². The van der Waals surface area contributed by atoms with Gasteiger partial charge in [-0.2, -0.15) is 5.10 Å². The van der Waals surface area contributed by atoms with Crippen molar-refractivity contribution in [3.05, 3.63) is 35.2 Å². The highest BCUT2D eigenvalue weighted by atomic mass is 16.5. The van der Waals surface area contributed by atoms with E-state index >= 15 is 0 Å². The number of ether oxygens (including phenoxy) is 4. The molecular weight excluding hydrogens is 426 g/mol. The van der Waals surface area contributed by atoms with Crippen molar-refractivity contribution in [2.75, 3.05) is 41.0 Å². The largest absolute Gasteiger partial charge is 0.493 e. The Kier molecular flexibility index (Phi) is 6.76. The van der Waals surface area contributed by atoms with E-state index < -0.39 is 0 Å². The molecule has 178 valence electrons. The molecule has 1 amide bonds. The fraction of sp³-hybridized carbons (Fsp3) is 0.542. The van der Waals surface area contributed by atoms with Crippen LogP contribution < -0.4 is 14.2 Å². The first-order chi connectivity index (χ1) is 16.0. The number of likely N-dealkylation sites (tertiary alicyclic amines) is 1. The highest BCUT2D eigenvalue weighted by Crippen LogP contribution is 2.42. The highest BCUT2D eigenvalue weighted by Gasteiger charge is 2.34. The van der Waals surface area contributed by atoms with Gasteiger partial charge in [0.15, 0.2) is 17.2 Å². The summed E-state index contributed by atoms with van der Waals surface area (Å²) >= 11 is 0. The van der Waals surface area contributed by atoms with Crippen LogP contribution in [0.4, 0.5) is 0 Å². The summed E-state index contributed by atoms with van der Waals surface area (Å²) in [6.07, 6.45) is 3.76. The van der Waals surface area contributed by atoms with Crippen LogP contribution in [0.15, 0.2) is 18.2 Å². The van der Waals surface area contributed by atoms with Crippen LogP contribution in [0.3, 0.4) is 0 Å². The number of nitrogens with zero attached hydrogens (tertiary/aromatic N) is 3. The molecule has 0 spiro atoms. The zero-order valence-electron chi connectivity index (χ0n) is 19.6. The highest BCUT2D eigenvalue weighted by molar-refractivity contribution is 5.95. The summed E-state index contributed by atoms with van der Waals surface area (Å²) in [6.45, 7) is 3.31. The van der Waals surface area contributed by atoms with Crippen molar-refractivity contribution in [2.45, 2.75) is 44.6 Å². The van der Waals surface area contributed by atoms with Gasteiger partial charge in [0, 0.05) is 30.3 Å². The molecule has 9 nitrogen and oxygen atoms in total. The second kappa shape index (κ2) is 9.72. The average Bonchev–Trinajstić information content (AvgIpc) is 3.60. The molecule has 1 aliphatic heterocycles. The lowest BCUT2D eigenvalue weighted by Crippen LogP contribution is -2.39. The average molecular weight is 458 g/mol. The zero-order valence-corrected chi connectivity index (χ0v) is 19.6.